The van der Waals surface area contributed by atoms with Crippen LogP contribution in [0.4, 0.5) is 13.2 Å². The van der Waals surface area contributed by atoms with Crippen molar-refractivity contribution in [2.45, 2.75) is 6.18 Å². The van der Waals surface area contributed by atoms with Gasteiger partial charge in [-0.25, -0.2) is 4.79 Å². The van der Waals surface area contributed by atoms with Crippen molar-refractivity contribution in [2.75, 3.05) is 13.2 Å². The topological polar surface area (TPSA) is 55.4 Å². The van der Waals surface area contributed by atoms with Crippen LogP contribution in [-0.4, -0.2) is 31.2 Å². The largest absolute Gasteiger partial charge is 0.452 e. The smallest absolute Gasteiger partial charge is 0.405 e. The molecular formula is C11H9F3INO3. The predicted octanol–water partition coefficient (Wildman–Crippen LogP) is 2.13. The van der Waals surface area contributed by atoms with Crippen molar-refractivity contribution in [1.82, 2.24) is 5.32 Å². The molecule has 1 aromatic carbocycles. The number of nitrogens with one attached hydrogen (secondary N) is 1. The number of rotatable bonds is 4. The van der Waals surface area contributed by atoms with Gasteiger partial charge in [0.15, 0.2) is 6.61 Å². The highest BCUT2D eigenvalue weighted by molar-refractivity contribution is 14.1. The number of carbonyl (C=O) groups excluding carboxylic acids is 2. The van der Waals surface area contributed by atoms with Gasteiger partial charge in [0, 0.05) is 3.57 Å². The highest BCUT2D eigenvalue weighted by Crippen LogP contribution is 2.13. The zero-order valence-electron chi connectivity index (χ0n) is 9.46. The maximum absolute atomic E-state index is 11.8. The van der Waals surface area contributed by atoms with E-state index < -0.39 is 31.2 Å². The van der Waals surface area contributed by atoms with Gasteiger partial charge in [-0.3, -0.25) is 4.79 Å². The number of alkyl halides is 3. The van der Waals surface area contributed by atoms with Crippen molar-refractivity contribution < 1.29 is 27.5 Å². The van der Waals surface area contributed by atoms with Gasteiger partial charge in [-0.15, -0.1) is 0 Å². The van der Waals surface area contributed by atoms with Gasteiger partial charge in [-0.1, -0.05) is 12.1 Å². The van der Waals surface area contributed by atoms with Gasteiger partial charge in [-0.2, -0.15) is 13.2 Å². The van der Waals surface area contributed by atoms with Crippen molar-refractivity contribution >= 4 is 34.5 Å². The molecule has 0 heterocycles. The minimum Gasteiger partial charge on any atom is -0.452 e. The Balaban J connectivity index is 2.43. The number of carbonyl (C=O) groups is 2. The van der Waals surface area contributed by atoms with E-state index in [2.05, 4.69) is 4.74 Å². The molecule has 0 aliphatic heterocycles. The zero-order valence-corrected chi connectivity index (χ0v) is 11.6. The van der Waals surface area contributed by atoms with Crippen LogP contribution in [0.15, 0.2) is 24.3 Å². The van der Waals surface area contributed by atoms with E-state index in [-0.39, 0.29) is 5.56 Å². The number of ether oxygens (including phenoxy) is 1. The molecule has 0 radical (unpaired) electrons. The SMILES string of the molecule is O=C(COC(=O)c1ccccc1I)NCC(F)(F)F. The van der Waals surface area contributed by atoms with Gasteiger partial charge < -0.3 is 10.1 Å². The van der Waals surface area contributed by atoms with Crippen LogP contribution in [0.3, 0.4) is 0 Å². The highest BCUT2D eigenvalue weighted by Gasteiger charge is 2.27. The Morgan fingerprint density at radius 2 is 1.89 bits per heavy atom. The summed E-state index contributed by atoms with van der Waals surface area (Å²) in [5.74, 6) is -1.76. The number of esters is 1. The highest BCUT2D eigenvalue weighted by atomic mass is 127. The minimum absolute atomic E-state index is 0.256. The number of halogens is 4. The minimum atomic E-state index is -4.49. The van der Waals surface area contributed by atoms with Crippen LogP contribution in [-0.2, 0) is 9.53 Å². The first kappa shape index (κ1) is 15.7. The molecule has 1 amide bonds. The molecule has 0 unspecified atom stereocenters. The molecule has 104 valence electrons. The van der Waals surface area contributed by atoms with Crippen molar-refractivity contribution in [3.63, 3.8) is 0 Å². The Labute approximate surface area is 120 Å². The molecule has 0 saturated carbocycles. The number of amides is 1. The number of hydrogen-bond acceptors (Lipinski definition) is 3. The standard InChI is InChI=1S/C11H9F3INO3/c12-11(13,14)6-16-9(17)5-19-10(18)7-3-1-2-4-8(7)15/h1-4H,5-6H2,(H,16,17). The maximum Gasteiger partial charge on any atom is 0.405 e. The van der Waals surface area contributed by atoms with Gasteiger partial charge in [0.25, 0.3) is 5.91 Å². The number of benzene rings is 1. The molecule has 0 atom stereocenters. The Morgan fingerprint density at radius 3 is 2.47 bits per heavy atom. The summed E-state index contributed by atoms with van der Waals surface area (Å²) in [6.07, 6.45) is -4.49. The van der Waals surface area contributed by atoms with Gasteiger partial charge in [-0.05, 0) is 34.7 Å². The summed E-state index contributed by atoms with van der Waals surface area (Å²) in [5, 5.41) is 1.60. The van der Waals surface area contributed by atoms with Crippen molar-refractivity contribution in [1.29, 1.82) is 0 Å². The Morgan fingerprint density at radius 1 is 1.26 bits per heavy atom. The van der Waals surface area contributed by atoms with Crippen molar-refractivity contribution in [3.8, 4) is 0 Å². The third-order valence-electron chi connectivity index (χ3n) is 1.91. The summed E-state index contributed by atoms with van der Waals surface area (Å²) >= 11 is 1.91. The van der Waals surface area contributed by atoms with Crippen LogP contribution in [0.5, 0.6) is 0 Å². The van der Waals surface area contributed by atoms with Gasteiger partial charge in [0.1, 0.15) is 6.54 Å². The molecule has 0 aliphatic rings. The maximum atomic E-state index is 11.8. The summed E-state index contributed by atoms with van der Waals surface area (Å²) < 4.78 is 40.7. The zero-order chi connectivity index (χ0) is 14.5. The molecule has 0 spiro atoms. The van der Waals surface area contributed by atoms with E-state index in [4.69, 9.17) is 0 Å². The monoisotopic (exact) mass is 387 g/mol. The quantitative estimate of drug-likeness (QED) is 0.637. The van der Waals surface area contributed by atoms with Gasteiger partial charge in [0.05, 0.1) is 5.56 Å². The molecule has 1 aromatic rings. The lowest BCUT2D eigenvalue weighted by atomic mass is 10.2. The summed E-state index contributed by atoms with van der Waals surface area (Å²) in [5.41, 5.74) is 0.256. The first-order chi connectivity index (χ1) is 8.79. The molecule has 0 saturated heterocycles. The number of hydrogen-bond donors (Lipinski definition) is 1. The molecule has 19 heavy (non-hydrogen) atoms. The molecule has 4 nitrogen and oxygen atoms in total. The summed E-state index contributed by atoms with van der Waals surface area (Å²) in [4.78, 5) is 22.6. The van der Waals surface area contributed by atoms with Crippen LogP contribution in [0.1, 0.15) is 10.4 Å². The average molecular weight is 387 g/mol. The fraction of sp³-hybridized carbons (Fsp3) is 0.273. The predicted molar refractivity (Wildman–Crippen MR) is 68.5 cm³/mol. The summed E-state index contributed by atoms with van der Waals surface area (Å²) in [7, 11) is 0. The van der Waals surface area contributed by atoms with Crippen LogP contribution >= 0.6 is 22.6 Å². The van der Waals surface area contributed by atoms with E-state index in [1.165, 1.54) is 6.07 Å². The van der Waals surface area contributed by atoms with Crippen LogP contribution in [0.2, 0.25) is 0 Å². The lowest BCUT2D eigenvalue weighted by molar-refractivity contribution is -0.140. The van der Waals surface area contributed by atoms with Gasteiger partial charge in [0.2, 0.25) is 0 Å². The summed E-state index contributed by atoms with van der Waals surface area (Å²) in [6, 6.07) is 6.50. The second kappa shape index (κ2) is 6.73. The normalized spacial score (nSPS) is 10.9. The van der Waals surface area contributed by atoms with Crippen molar-refractivity contribution in [3.05, 3.63) is 33.4 Å². The fourth-order valence-corrected chi connectivity index (χ4v) is 1.69. The van der Waals surface area contributed by atoms with Crippen LogP contribution < -0.4 is 5.32 Å². The Kier molecular flexibility index (Phi) is 5.58. The van der Waals surface area contributed by atoms with E-state index >= 15 is 0 Å². The van der Waals surface area contributed by atoms with E-state index in [1.54, 1.807) is 23.5 Å². The van der Waals surface area contributed by atoms with Gasteiger partial charge >= 0.3 is 12.1 Å². The lowest BCUT2D eigenvalue weighted by Crippen LogP contribution is -2.36. The fourth-order valence-electron chi connectivity index (χ4n) is 1.09. The molecule has 0 aromatic heterocycles. The molecule has 0 fully saturated rings. The van der Waals surface area contributed by atoms with E-state index in [0.29, 0.717) is 3.57 Å². The van der Waals surface area contributed by atoms with E-state index in [9.17, 15) is 22.8 Å². The molecule has 0 bridgehead atoms. The first-order valence-electron chi connectivity index (χ1n) is 5.04. The molecular weight excluding hydrogens is 378 g/mol. The molecule has 8 heteroatoms. The first-order valence-corrected chi connectivity index (χ1v) is 6.12. The second-order valence-electron chi connectivity index (χ2n) is 3.45. The third kappa shape index (κ3) is 5.90. The van der Waals surface area contributed by atoms with Crippen LogP contribution in [0, 0.1) is 3.57 Å². The van der Waals surface area contributed by atoms with Crippen molar-refractivity contribution in [2.24, 2.45) is 0 Å². The third-order valence-corrected chi connectivity index (χ3v) is 2.85. The Hall–Kier alpha value is -1.32. The molecule has 1 N–H and O–H groups in total. The molecule has 0 aliphatic carbocycles. The summed E-state index contributed by atoms with van der Waals surface area (Å²) in [6.45, 7) is -2.20. The second-order valence-corrected chi connectivity index (χ2v) is 4.61. The van der Waals surface area contributed by atoms with E-state index in [1.807, 2.05) is 22.6 Å². The Bertz CT molecular complexity index is 476. The van der Waals surface area contributed by atoms with E-state index in [0.717, 1.165) is 0 Å². The molecule has 1 rings (SSSR count). The van der Waals surface area contributed by atoms with Crippen LogP contribution in [0.25, 0.3) is 0 Å². The lowest BCUT2D eigenvalue weighted by Gasteiger charge is -2.09. The average Bonchev–Trinajstić information content (AvgIpc) is 2.33.